The highest BCUT2D eigenvalue weighted by Gasteiger charge is 2.35. The average molecular weight is 233 g/mol. The van der Waals surface area contributed by atoms with Crippen LogP contribution in [0.3, 0.4) is 0 Å². The van der Waals surface area contributed by atoms with Gasteiger partial charge in [0.2, 0.25) is 0 Å². The van der Waals surface area contributed by atoms with Gasteiger partial charge in [-0.25, -0.2) is 9.78 Å². The van der Waals surface area contributed by atoms with E-state index in [1.807, 2.05) is 6.07 Å². The lowest BCUT2D eigenvalue weighted by atomic mass is 10.0. The summed E-state index contributed by atoms with van der Waals surface area (Å²) in [4.78, 5) is 15.5. The Bertz CT molecular complexity index is 476. The number of methoxy groups -OCH3 is 1. The van der Waals surface area contributed by atoms with Crippen molar-refractivity contribution in [2.75, 3.05) is 7.11 Å². The Kier molecular flexibility index (Phi) is 2.31. The number of hydrogen-bond donors (Lipinski definition) is 1. The molecule has 2 saturated carbocycles. The molecule has 1 aromatic heterocycles. The second-order valence-corrected chi connectivity index (χ2v) is 4.87. The van der Waals surface area contributed by atoms with E-state index in [0.29, 0.717) is 17.6 Å². The van der Waals surface area contributed by atoms with Crippen LogP contribution in [0.1, 0.15) is 59.3 Å². The van der Waals surface area contributed by atoms with E-state index in [4.69, 9.17) is 9.84 Å². The Hall–Kier alpha value is -1.58. The molecule has 1 aromatic rings. The second kappa shape index (κ2) is 3.72. The van der Waals surface area contributed by atoms with Gasteiger partial charge in [-0.15, -0.1) is 0 Å². The lowest BCUT2D eigenvalue weighted by Crippen LogP contribution is -2.08. The second-order valence-electron chi connectivity index (χ2n) is 4.87. The number of carboxylic acids is 1. The van der Waals surface area contributed by atoms with Gasteiger partial charge in [0.25, 0.3) is 0 Å². The fourth-order valence-corrected chi connectivity index (χ4v) is 2.24. The van der Waals surface area contributed by atoms with Crippen molar-refractivity contribution in [2.24, 2.45) is 0 Å². The van der Waals surface area contributed by atoms with Crippen LogP contribution >= 0.6 is 0 Å². The molecular weight excluding hydrogens is 218 g/mol. The fraction of sp³-hybridized carbons (Fsp3) is 0.538. The average Bonchev–Trinajstić information content (AvgIpc) is 3.18. The first-order valence-electron chi connectivity index (χ1n) is 6.03. The van der Waals surface area contributed by atoms with Gasteiger partial charge in [-0.2, -0.15) is 0 Å². The maximum Gasteiger partial charge on any atom is 0.358 e. The minimum Gasteiger partial charge on any atom is -0.494 e. The Morgan fingerprint density at radius 3 is 2.47 bits per heavy atom. The fourth-order valence-electron chi connectivity index (χ4n) is 2.24. The number of pyridine rings is 1. The van der Waals surface area contributed by atoms with E-state index in [0.717, 1.165) is 18.5 Å². The molecule has 0 saturated heterocycles. The van der Waals surface area contributed by atoms with E-state index in [-0.39, 0.29) is 5.69 Å². The van der Waals surface area contributed by atoms with Crippen molar-refractivity contribution in [3.8, 4) is 5.75 Å². The lowest BCUT2D eigenvalue weighted by molar-refractivity contribution is 0.0686. The normalized spacial score (nSPS) is 19.1. The zero-order valence-corrected chi connectivity index (χ0v) is 9.77. The smallest absolute Gasteiger partial charge is 0.358 e. The van der Waals surface area contributed by atoms with E-state index in [9.17, 15) is 4.79 Å². The van der Waals surface area contributed by atoms with Gasteiger partial charge >= 0.3 is 5.97 Å². The van der Waals surface area contributed by atoms with Gasteiger partial charge in [-0.1, -0.05) is 0 Å². The standard InChI is InChI=1S/C13H15NO3/c1-17-10-6-9(7-2-3-7)11(8-4-5-8)14-12(10)13(15)16/h6-8H,2-5H2,1H3,(H,15,16). The largest absolute Gasteiger partial charge is 0.494 e. The van der Waals surface area contributed by atoms with Crippen LogP contribution in [-0.4, -0.2) is 23.2 Å². The lowest BCUT2D eigenvalue weighted by Gasteiger charge is -2.11. The molecule has 0 atom stereocenters. The number of carboxylic acid groups (broad SMARTS) is 1. The van der Waals surface area contributed by atoms with Crippen LogP contribution in [0.25, 0.3) is 0 Å². The number of aromatic carboxylic acids is 1. The van der Waals surface area contributed by atoms with E-state index in [2.05, 4.69) is 4.98 Å². The number of hydrogen-bond acceptors (Lipinski definition) is 3. The van der Waals surface area contributed by atoms with Crippen LogP contribution in [-0.2, 0) is 0 Å². The molecule has 0 unspecified atom stereocenters. The van der Waals surface area contributed by atoms with Gasteiger partial charge in [0.05, 0.1) is 7.11 Å². The number of aromatic nitrogens is 1. The highest BCUT2D eigenvalue weighted by atomic mass is 16.5. The summed E-state index contributed by atoms with van der Waals surface area (Å²) < 4.78 is 5.14. The zero-order valence-electron chi connectivity index (χ0n) is 9.77. The monoisotopic (exact) mass is 233 g/mol. The molecule has 90 valence electrons. The first-order valence-corrected chi connectivity index (χ1v) is 6.03. The summed E-state index contributed by atoms with van der Waals surface area (Å²) >= 11 is 0. The number of carbonyl (C=O) groups is 1. The minimum absolute atomic E-state index is 0.0544. The van der Waals surface area contributed by atoms with Gasteiger partial charge in [0, 0.05) is 11.6 Å². The molecule has 4 heteroatoms. The van der Waals surface area contributed by atoms with Crippen LogP contribution in [0, 0.1) is 0 Å². The Morgan fingerprint density at radius 2 is 2.00 bits per heavy atom. The van der Waals surface area contributed by atoms with Gasteiger partial charge in [-0.3, -0.25) is 0 Å². The third-order valence-electron chi connectivity index (χ3n) is 3.45. The van der Waals surface area contributed by atoms with E-state index in [1.54, 1.807) is 0 Å². The summed E-state index contributed by atoms with van der Waals surface area (Å²) in [7, 11) is 1.50. The highest BCUT2D eigenvalue weighted by Crippen LogP contribution is 2.49. The maximum atomic E-state index is 11.1. The molecule has 3 rings (SSSR count). The maximum absolute atomic E-state index is 11.1. The SMILES string of the molecule is COc1cc(C2CC2)c(C2CC2)nc1C(=O)O. The molecule has 0 bridgehead atoms. The highest BCUT2D eigenvalue weighted by molar-refractivity contribution is 5.88. The molecule has 0 aliphatic heterocycles. The van der Waals surface area contributed by atoms with Crippen LogP contribution in [0.15, 0.2) is 6.07 Å². The van der Waals surface area contributed by atoms with Crippen LogP contribution in [0.4, 0.5) is 0 Å². The van der Waals surface area contributed by atoms with E-state index in [1.165, 1.54) is 25.5 Å². The zero-order chi connectivity index (χ0) is 12.0. The quantitative estimate of drug-likeness (QED) is 0.868. The molecule has 0 spiro atoms. The topological polar surface area (TPSA) is 59.4 Å². The third kappa shape index (κ3) is 1.88. The first-order chi connectivity index (χ1) is 8.20. The van der Waals surface area contributed by atoms with Crippen molar-refractivity contribution >= 4 is 5.97 Å². The summed E-state index contributed by atoms with van der Waals surface area (Å²) in [5.74, 6) is 0.444. The van der Waals surface area contributed by atoms with Crippen molar-refractivity contribution in [3.63, 3.8) is 0 Å². The first kappa shape index (κ1) is 10.6. The minimum atomic E-state index is -1.01. The molecule has 2 aliphatic carbocycles. The summed E-state index contributed by atoms with van der Waals surface area (Å²) in [5.41, 5.74) is 2.28. The Morgan fingerprint density at radius 1 is 1.35 bits per heavy atom. The Labute approximate surface area is 99.6 Å². The van der Waals surface area contributed by atoms with Crippen LogP contribution in [0.5, 0.6) is 5.75 Å². The molecular formula is C13H15NO3. The number of nitrogens with zero attached hydrogens (tertiary/aromatic N) is 1. The van der Waals surface area contributed by atoms with Crippen molar-refractivity contribution < 1.29 is 14.6 Å². The molecule has 2 aliphatic rings. The predicted octanol–water partition coefficient (Wildman–Crippen LogP) is 2.54. The van der Waals surface area contributed by atoms with Gasteiger partial charge in [0.1, 0.15) is 0 Å². The molecule has 1 N–H and O–H groups in total. The molecule has 2 fully saturated rings. The van der Waals surface area contributed by atoms with Crippen molar-refractivity contribution in [2.45, 2.75) is 37.5 Å². The third-order valence-corrected chi connectivity index (χ3v) is 3.45. The van der Waals surface area contributed by atoms with Crippen LogP contribution < -0.4 is 4.74 Å². The van der Waals surface area contributed by atoms with Gasteiger partial charge < -0.3 is 9.84 Å². The molecule has 1 heterocycles. The van der Waals surface area contributed by atoms with Gasteiger partial charge in [-0.05, 0) is 43.2 Å². The summed E-state index contributed by atoms with van der Waals surface area (Å²) in [6.07, 6.45) is 4.66. The predicted molar refractivity (Wildman–Crippen MR) is 61.7 cm³/mol. The Balaban J connectivity index is 2.11. The van der Waals surface area contributed by atoms with E-state index < -0.39 is 5.97 Å². The molecule has 0 aromatic carbocycles. The summed E-state index contributed by atoms with van der Waals surface area (Å²) in [5, 5.41) is 9.13. The summed E-state index contributed by atoms with van der Waals surface area (Å²) in [6.45, 7) is 0. The van der Waals surface area contributed by atoms with E-state index >= 15 is 0 Å². The van der Waals surface area contributed by atoms with Gasteiger partial charge in [0.15, 0.2) is 11.4 Å². The van der Waals surface area contributed by atoms with Crippen molar-refractivity contribution in [3.05, 3.63) is 23.0 Å². The molecule has 17 heavy (non-hydrogen) atoms. The number of ether oxygens (including phenoxy) is 1. The summed E-state index contributed by atoms with van der Waals surface area (Å²) in [6, 6.07) is 1.89. The van der Waals surface area contributed by atoms with Crippen molar-refractivity contribution in [1.82, 2.24) is 4.98 Å². The van der Waals surface area contributed by atoms with Crippen LogP contribution in [0.2, 0.25) is 0 Å². The molecule has 4 nitrogen and oxygen atoms in total. The molecule has 0 radical (unpaired) electrons. The molecule has 0 amide bonds. The van der Waals surface area contributed by atoms with Crippen molar-refractivity contribution in [1.29, 1.82) is 0 Å². The number of rotatable bonds is 4.